The molecule has 3 nitrogen and oxygen atoms in total. The number of rotatable bonds is 5. The maximum atomic E-state index is 5.99. The van der Waals surface area contributed by atoms with E-state index in [9.17, 15) is 0 Å². The van der Waals surface area contributed by atoms with Gasteiger partial charge in [-0.25, -0.2) is 4.98 Å². The van der Waals surface area contributed by atoms with E-state index in [1.165, 1.54) is 33.3 Å². The molecule has 0 saturated carbocycles. The third kappa shape index (κ3) is 4.01. The minimum atomic E-state index is 0. The largest absolute Gasteiger partial charge is 0.365 e. The standard InChI is InChI=1S/C23H22ClN3.ClH/c1-16-20(14-17-6-4-3-5-7-17)22-21(27(16)2)12-13-25-23(22)26-15-18-8-10-19(24)11-9-18;/h3-13H,14-15H2,1-2H3,(H,25,26);1H. The van der Waals surface area contributed by atoms with Crippen LogP contribution in [0.15, 0.2) is 66.9 Å². The van der Waals surface area contributed by atoms with E-state index in [1.807, 2.05) is 30.5 Å². The summed E-state index contributed by atoms with van der Waals surface area (Å²) < 4.78 is 2.25. The van der Waals surface area contributed by atoms with Crippen molar-refractivity contribution >= 4 is 40.7 Å². The molecule has 0 amide bonds. The maximum absolute atomic E-state index is 5.99. The number of nitrogens with one attached hydrogen (secondary N) is 1. The summed E-state index contributed by atoms with van der Waals surface area (Å²) >= 11 is 5.99. The number of fused-ring (bicyclic) bond motifs is 1. The molecule has 0 fully saturated rings. The summed E-state index contributed by atoms with van der Waals surface area (Å²) in [6.07, 6.45) is 2.77. The second-order valence-corrected chi connectivity index (χ2v) is 7.26. The monoisotopic (exact) mass is 411 g/mol. The van der Waals surface area contributed by atoms with E-state index in [1.54, 1.807) is 0 Å². The zero-order valence-corrected chi connectivity index (χ0v) is 17.5. The van der Waals surface area contributed by atoms with Crippen molar-refractivity contribution in [2.24, 2.45) is 7.05 Å². The molecule has 0 radical (unpaired) electrons. The molecule has 0 atom stereocenters. The lowest BCUT2D eigenvalue weighted by Gasteiger charge is -2.09. The minimum Gasteiger partial charge on any atom is -0.365 e. The number of aryl methyl sites for hydroxylation is 1. The lowest BCUT2D eigenvalue weighted by atomic mass is 10.0. The van der Waals surface area contributed by atoms with E-state index < -0.39 is 0 Å². The van der Waals surface area contributed by atoms with Crippen molar-refractivity contribution in [1.82, 2.24) is 9.55 Å². The van der Waals surface area contributed by atoms with Gasteiger partial charge >= 0.3 is 0 Å². The summed E-state index contributed by atoms with van der Waals surface area (Å²) in [5.74, 6) is 0.928. The zero-order valence-electron chi connectivity index (χ0n) is 15.9. The number of benzene rings is 2. The van der Waals surface area contributed by atoms with Gasteiger partial charge in [0.05, 0.1) is 5.52 Å². The smallest absolute Gasteiger partial charge is 0.135 e. The average Bonchev–Trinajstić information content (AvgIpc) is 2.94. The molecule has 5 heteroatoms. The van der Waals surface area contributed by atoms with Crippen LogP contribution in [0.2, 0.25) is 5.02 Å². The van der Waals surface area contributed by atoms with Crippen molar-refractivity contribution in [3.63, 3.8) is 0 Å². The van der Waals surface area contributed by atoms with E-state index >= 15 is 0 Å². The van der Waals surface area contributed by atoms with Crippen LogP contribution in [0.1, 0.15) is 22.4 Å². The second kappa shape index (κ2) is 8.68. The van der Waals surface area contributed by atoms with Crippen LogP contribution in [0.4, 0.5) is 5.82 Å². The molecular formula is C23H23Cl2N3. The summed E-state index contributed by atoms with van der Waals surface area (Å²) in [6, 6.07) is 20.6. The van der Waals surface area contributed by atoms with Crippen LogP contribution in [0.5, 0.6) is 0 Å². The third-order valence-corrected chi connectivity index (χ3v) is 5.38. The van der Waals surface area contributed by atoms with Crippen LogP contribution in [-0.2, 0) is 20.0 Å². The molecule has 0 saturated heterocycles. The number of hydrogen-bond donors (Lipinski definition) is 1. The van der Waals surface area contributed by atoms with Gasteiger partial charge in [0.25, 0.3) is 0 Å². The summed E-state index contributed by atoms with van der Waals surface area (Å²) in [5, 5.41) is 5.48. The molecule has 2 aromatic carbocycles. The van der Waals surface area contributed by atoms with Crippen LogP contribution in [0.3, 0.4) is 0 Å². The van der Waals surface area contributed by atoms with E-state index in [0.717, 1.165) is 17.3 Å². The molecule has 0 aliphatic rings. The van der Waals surface area contributed by atoms with Gasteiger partial charge < -0.3 is 9.88 Å². The number of hydrogen-bond acceptors (Lipinski definition) is 2. The summed E-state index contributed by atoms with van der Waals surface area (Å²) in [6.45, 7) is 2.89. The molecular weight excluding hydrogens is 389 g/mol. The van der Waals surface area contributed by atoms with Crippen molar-refractivity contribution in [3.8, 4) is 0 Å². The van der Waals surface area contributed by atoms with Gasteiger partial charge in [0.15, 0.2) is 0 Å². The zero-order chi connectivity index (χ0) is 18.8. The van der Waals surface area contributed by atoms with Crippen LogP contribution >= 0.6 is 24.0 Å². The number of anilines is 1. The Bertz CT molecular complexity index is 1070. The molecule has 4 rings (SSSR count). The Hall–Kier alpha value is -2.49. The molecule has 1 N–H and O–H groups in total. The van der Waals surface area contributed by atoms with Crippen molar-refractivity contribution < 1.29 is 0 Å². The molecule has 28 heavy (non-hydrogen) atoms. The topological polar surface area (TPSA) is 29.9 Å². The predicted octanol–water partition coefficient (Wildman–Crippen LogP) is 6.16. The second-order valence-electron chi connectivity index (χ2n) is 6.82. The molecule has 2 aromatic heterocycles. The Kier molecular flexibility index (Phi) is 6.28. The Morgan fingerprint density at radius 3 is 2.39 bits per heavy atom. The maximum Gasteiger partial charge on any atom is 0.135 e. The fraction of sp³-hybridized carbons (Fsp3) is 0.174. The summed E-state index contributed by atoms with van der Waals surface area (Å²) in [4.78, 5) is 4.65. The lowest BCUT2D eigenvalue weighted by molar-refractivity contribution is 0.903. The molecule has 0 aliphatic heterocycles. The molecule has 0 spiro atoms. The highest BCUT2D eigenvalue weighted by molar-refractivity contribution is 6.30. The van der Waals surface area contributed by atoms with Crippen molar-refractivity contribution in [2.75, 3.05) is 5.32 Å². The Morgan fingerprint density at radius 2 is 1.68 bits per heavy atom. The van der Waals surface area contributed by atoms with E-state index in [0.29, 0.717) is 6.54 Å². The predicted molar refractivity (Wildman–Crippen MR) is 121 cm³/mol. The first kappa shape index (κ1) is 20.2. The van der Waals surface area contributed by atoms with Gasteiger partial charge in [-0.15, -0.1) is 12.4 Å². The fourth-order valence-electron chi connectivity index (χ4n) is 3.53. The number of nitrogens with zero attached hydrogens (tertiary/aromatic N) is 2. The highest BCUT2D eigenvalue weighted by Crippen LogP contribution is 2.32. The van der Waals surface area contributed by atoms with Crippen molar-refractivity contribution in [2.45, 2.75) is 19.9 Å². The van der Waals surface area contributed by atoms with Crippen LogP contribution < -0.4 is 5.32 Å². The molecule has 0 unspecified atom stereocenters. The average molecular weight is 412 g/mol. The van der Waals surface area contributed by atoms with Crippen LogP contribution in [0.25, 0.3) is 10.9 Å². The molecule has 144 valence electrons. The normalized spacial score (nSPS) is 10.7. The first-order chi connectivity index (χ1) is 13.1. The van der Waals surface area contributed by atoms with Crippen molar-refractivity contribution in [1.29, 1.82) is 0 Å². The Balaban J connectivity index is 0.00000225. The highest BCUT2D eigenvalue weighted by atomic mass is 35.5. The lowest BCUT2D eigenvalue weighted by Crippen LogP contribution is -2.02. The van der Waals surface area contributed by atoms with Gasteiger partial charge in [-0.05, 0) is 48.2 Å². The number of halogens is 2. The Labute approximate surface area is 176 Å². The van der Waals surface area contributed by atoms with Gasteiger partial charge in [-0.2, -0.15) is 0 Å². The first-order valence-corrected chi connectivity index (χ1v) is 9.46. The van der Waals surface area contributed by atoms with E-state index in [-0.39, 0.29) is 12.4 Å². The quantitative estimate of drug-likeness (QED) is 0.426. The van der Waals surface area contributed by atoms with Gasteiger partial charge in [-0.1, -0.05) is 54.1 Å². The van der Waals surface area contributed by atoms with Crippen LogP contribution in [-0.4, -0.2) is 9.55 Å². The molecule has 2 heterocycles. The molecule has 0 bridgehead atoms. The Morgan fingerprint density at radius 1 is 0.964 bits per heavy atom. The fourth-order valence-corrected chi connectivity index (χ4v) is 3.66. The summed E-state index contributed by atoms with van der Waals surface area (Å²) in [7, 11) is 2.12. The van der Waals surface area contributed by atoms with E-state index in [2.05, 4.69) is 65.2 Å². The summed E-state index contributed by atoms with van der Waals surface area (Å²) in [5.41, 5.74) is 6.28. The molecule has 0 aliphatic carbocycles. The van der Waals surface area contributed by atoms with Gasteiger partial charge in [-0.3, -0.25) is 0 Å². The highest BCUT2D eigenvalue weighted by Gasteiger charge is 2.16. The number of aromatic nitrogens is 2. The number of pyridine rings is 1. The molecule has 4 aromatic rings. The van der Waals surface area contributed by atoms with Crippen molar-refractivity contribution in [3.05, 3.63) is 94.3 Å². The van der Waals surface area contributed by atoms with Crippen LogP contribution in [0, 0.1) is 6.92 Å². The van der Waals surface area contributed by atoms with Gasteiger partial charge in [0, 0.05) is 35.9 Å². The van der Waals surface area contributed by atoms with E-state index in [4.69, 9.17) is 11.6 Å². The first-order valence-electron chi connectivity index (χ1n) is 9.08. The van der Waals surface area contributed by atoms with Gasteiger partial charge in [0.2, 0.25) is 0 Å². The van der Waals surface area contributed by atoms with Gasteiger partial charge in [0.1, 0.15) is 5.82 Å². The minimum absolute atomic E-state index is 0. The third-order valence-electron chi connectivity index (χ3n) is 5.13. The SMILES string of the molecule is Cc1c(Cc2ccccc2)c2c(NCc3ccc(Cl)cc3)nccc2n1C.Cl.